The van der Waals surface area contributed by atoms with Gasteiger partial charge in [0, 0.05) is 6.92 Å². The first-order valence-electron chi connectivity index (χ1n) is 9.25. The standard InChI is InChI=1S/C18H39NO2/c1-5-7-8-9-10-11-12-13-14-15-16-17(3)19(21,6-2)18(4)20/h17-18,20H,5-16H2,1-4H3. The molecule has 0 aliphatic heterocycles. The van der Waals surface area contributed by atoms with Gasteiger partial charge in [-0.3, -0.25) is 0 Å². The summed E-state index contributed by atoms with van der Waals surface area (Å²) in [7, 11) is 0. The maximum absolute atomic E-state index is 12.4. The molecule has 3 heteroatoms. The van der Waals surface area contributed by atoms with Gasteiger partial charge in [-0.25, -0.2) is 0 Å². The van der Waals surface area contributed by atoms with Gasteiger partial charge in [0.15, 0.2) is 6.23 Å². The number of quaternary nitrogens is 1. The van der Waals surface area contributed by atoms with E-state index in [-0.39, 0.29) is 6.04 Å². The second-order valence-corrected chi connectivity index (χ2v) is 6.62. The van der Waals surface area contributed by atoms with Crippen molar-refractivity contribution in [2.24, 2.45) is 0 Å². The van der Waals surface area contributed by atoms with Crippen LogP contribution < -0.4 is 0 Å². The quantitative estimate of drug-likeness (QED) is 0.203. The molecule has 0 heterocycles. The summed E-state index contributed by atoms with van der Waals surface area (Å²) >= 11 is 0. The summed E-state index contributed by atoms with van der Waals surface area (Å²) in [5.74, 6) is 0. The summed E-state index contributed by atoms with van der Waals surface area (Å²) in [5.41, 5.74) is 0. The van der Waals surface area contributed by atoms with Crippen LogP contribution in [0.5, 0.6) is 0 Å². The minimum absolute atomic E-state index is 0.00374. The Morgan fingerprint density at radius 1 is 0.810 bits per heavy atom. The van der Waals surface area contributed by atoms with Gasteiger partial charge in [0.25, 0.3) is 0 Å². The Morgan fingerprint density at radius 2 is 1.24 bits per heavy atom. The molecule has 0 radical (unpaired) electrons. The molecule has 0 aliphatic carbocycles. The molecule has 0 fully saturated rings. The van der Waals surface area contributed by atoms with E-state index in [1.54, 1.807) is 6.92 Å². The Morgan fingerprint density at radius 3 is 1.62 bits per heavy atom. The fraction of sp³-hybridized carbons (Fsp3) is 1.00. The van der Waals surface area contributed by atoms with Crippen molar-refractivity contribution in [1.82, 2.24) is 0 Å². The average molecular weight is 302 g/mol. The molecule has 0 saturated carbocycles. The minimum Gasteiger partial charge on any atom is -0.631 e. The van der Waals surface area contributed by atoms with Crippen molar-refractivity contribution in [2.75, 3.05) is 6.54 Å². The Labute approximate surface area is 132 Å². The predicted octanol–water partition coefficient (Wildman–Crippen LogP) is 5.36. The molecule has 0 aromatic rings. The van der Waals surface area contributed by atoms with Crippen LogP contribution in [0, 0.1) is 5.21 Å². The number of unbranched alkanes of at least 4 members (excludes halogenated alkanes) is 9. The maximum Gasteiger partial charge on any atom is 0.187 e. The Balaban J connectivity index is 3.54. The second kappa shape index (κ2) is 12.4. The molecule has 0 rings (SSSR count). The van der Waals surface area contributed by atoms with Crippen LogP contribution in [0.15, 0.2) is 0 Å². The van der Waals surface area contributed by atoms with Crippen LogP contribution >= 0.6 is 0 Å². The Hall–Kier alpha value is -0.120. The summed E-state index contributed by atoms with van der Waals surface area (Å²) in [5, 5.41) is 22.1. The number of hydroxylamine groups is 3. The SMILES string of the molecule is CCCCCCCCCCCCC(C)[N+]([O-])(CC)C(C)O. The van der Waals surface area contributed by atoms with E-state index in [1.807, 2.05) is 13.8 Å². The first-order chi connectivity index (χ1) is 9.99. The molecule has 1 N–H and O–H groups in total. The van der Waals surface area contributed by atoms with Gasteiger partial charge < -0.3 is 15.0 Å². The first-order valence-corrected chi connectivity index (χ1v) is 9.25. The fourth-order valence-electron chi connectivity index (χ4n) is 3.09. The van der Waals surface area contributed by atoms with E-state index in [9.17, 15) is 10.3 Å². The normalized spacial score (nSPS) is 17.4. The predicted molar refractivity (Wildman–Crippen MR) is 91.8 cm³/mol. The van der Waals surface area contributed by atoms with E-state index >= 15 is 0 Å². The van der Waals surface area contributed by atoms with Gasteiger partial charge in [-0.2, -0.15) is 0 Å². The van der Waals surface area contributed by atoms with E-state index in [0.29, 0.717) is 6.54 Å². The average Bonchev–Trinajstić information content (AvgIpc) is 2.47. The van der Waals surface area contributed by atoms with E-state index < -0.39 is 10.9 Å². The molecule has 0 aromatic carbocycles. The summed E-state index contributed by atoms with van der Waals surface area (Å²) in [6.45, 7) is 8.18. The van der Waals surface area contributed by atoms with Gasteiger partial charge in [-0.1, -0.05) is 64.7 Å². The van der Waals surface area contributed by atoms with Gasteiger partial charge >= 0.3 is 0 Å². The van der Waals surface area contributed by atoms with E-state index in [0.717, 1.165) is 12.8 Å². The number of rotatable bonds is 14. The third-order valence-electron chi connectivity index (χ3n) is 4.85. The monoisotopic (exact) mass is 301 g/mol. The van der Waals surface area contributed by atoms with Crippen LogP contribution in [0.4, 0.5) is 0 Å². The van der Waals surface area contributed by atoms with Crippen LogP contribution in [0.25, 0.3) is 0 Å². The van der Waals surface area contributed by atoms with Gasteiger partial charge in [-0.15, -0.1) is 0 Å². The fourth-order valence-corrected chi connectivity index (χ4v) is 3.09. The molecule has 0 amide bonds. The van der Waals surface area contributed by atoms with Crippen molar-refractivity contribution >= 4 is 0 Å². The number of aliphatic hydroxyl groups excluding tert-OH is 1. The van der Waals surface area contributed by atoms with Crippen molar-refractivity contribution in [3.05, 3.63) is 5.21 Å². The van der Waals surface area contributed by atoms with Gasteiger partial charge in [0.1, 0.15) is 0 Å². The van der Waals surface area contributed by atoms with Crippen molar-refractivity contribution in [2.45, 2.75) is 111 Å². The number of hydrogen-bond acceptors (Lipinski definition) is 2. The van der Waals surface area contributed by atoms with Crippen LogP contribution in [0.2, 0.25) is 0 Å². The van der Waals surface area contributed by atoms with Crippen molar-refractivity contribution in [3.8, 4) is 0 Å². The molecule has 0 bridgehead atoms. The Kier molecular flexibility index (Phi) is 12.4. The highest BCUT2D eigenvalue weighted by atomic mass is 16.6. The van der Waals surface area contributed by atoms with Crippen LogP contribution in [-0.4, -0.2) is 28.6 Å². The zero-order valence-electron chi connectivity index (χ0n) is 14.9. The Bertz CT molecular complexity index is 233. The number of aliphatic hydroxyl groups is 1. The summed E-state index contributed by atoms with van der Waals surface area (Å²) < 4.78 is -0.461. The smallest absolute Gasteiger partial charge is 0.187 e. The van der Waals surface area contributed by atoms with Gasteiger partial charge in [-0.05, 0) is 26.7 Å². The molecule has 0 aromatic heterocycles. The van der Waals surface area contributed by atoms with Crippen LogP contribution in [0.3, 0.4) is 0 Å². The lowest BCUT2D eigenvalue weighted by Crippen LogP contribution is -2.54. The third kappa shape index (κ3) is 8.80. The molecule has 3 nitrogen and oxygen atoms in total. The topological polar surface area (TPSA) is 43.3 Å². The zero-order valence-corrected chi connectivity index (χ0v) is 14.9. The molecule has 3 unspecified atom stereocenters. The molecule has 0 spiro atoms. The van der Waals surface area contributed by atoms with Gasteiger partial charge in [0.05, 0.1) is 12.6 Å². The molecule has 0 aliphatic rings. The van der Waals surface area contributed by atoms with Gasteiger partial charge in [0.2, 0.25) is 0 Å². The molecule has 3 atom stereocenters. The summed E-state index contributed by atoms with van der Waals surface area (Å²) in [6, 6.07) is 0.00374. The van der Waals surface area contributed by atoms with Crippen molar-refractivity contribution in [1.29, 1.82) is 0 Å². The molecule has 128 valence electrons. The van der Waals surface area contributed by atoms with Crippen molar-refractivity contribution < 1.29 is 9.75 Å². The minimum atomic E-state index is -0.812. The molecular formula is C18H39NO2. The van der Waals surface area contributed by atoms with E-state index in [2.05, 4.69) is 6.92 Å². The first kappa shape index (κ1) is 20.9. The largest absolute Gasteiger partial charge is 0.631 e. The third-order valence-corrected chi connectivity index (χ3v) is 4.85. The molecular weight excluding hydrogens is 262 g/mol. The lowest BCUT2D eigenvalue weighted by molar-refractivity contribution is -0.944. The molecule has 0 saturated heterocycles. The van der Waals surface area contributed by atoms with Crippen LogP contribution in [-0.2, 0) is 0 Å². The summed E-state index contributed by atoms with van der Waals surface area (Å²) in [4.78, 5) is 0. The van der Waals surface area contributed by atoms with E-state index in [1.165, 1.54) is 57.8 Å². The second-order valence-electron chi connectivity index (χ2n) is 6.62. The number of hydrogen-bond donors (Lipinski definition) is 1. The highest BCUT2D eigenvalue weighted by Gasteiger charge is 2.27. The maximum atomic E-state index is 12.4. The van der Waals surface area contributed by atoms with E-state index in [4.69, 9.17) is 0 Å². The summed E-state index contributed by atoms with van der Waals surface area (Å²) in [6.07, 6.45) is 13.3. The zero-order chi connectivity index (χ0) is 16.1. The lowest BCUT2D eigenvalue weighted by atomic mass is 10.0. The lowest BCUT2D eigenvalue weighted by Gasteiger charge is -2.49. The number of nitrogens with zero attached hydrogens (tertiary/aromatic N) is 1. The van der Waals surface area contributed by atoms with Crippen LogP contribution in [0.1, 0.15) is 98.3 Å². The molecule has 21 heavy (non-hydrogen) atoms. The highest BCUT2D eigenvalue weighted by Crippen LogP contribution is 2.21. The highest BCUT2D eigenvalue weighted by molar-refractivity contribution is 4.57. The van der Waals surface area contributed by atoms with Crippen molar-refractivity contribution in [3.63, 3.8) is 0 Å².